The Balaban J connectivity index is 1.84. The molecule has 1 aromatic heterocycles. The highest BCUT2D eigenvalue weighted by Crippen LogP contribution is 2.31. The average Bonchev–Trinajstić information content (AvgIpc) is 2.90. The van der Waals surface area contributed by atoms with E-state index in [1.807, 2.05) is 0 Å². The minimum Gasteiger partial charge on any atom is -0.461 e. The third kappa shape index (κ3) is 5.63. The van der Waals surface area contributed by atoms with Crippen molar-refractivity contribution in [2.75, 3.05) is 0 Å². The van der Waals surface area contributed by atoms with E-state index in [-0.39, 0.29) is 24.2 Å². The van der Waals surface area contributed by atoms with Gasteiger partial charge in [-0.15, -0.1) is 0 Å². The second-order valence-corrected chi connectivity index (χ2v) is 8.44. The fourth-order valence-electron chi connectivity index (χ4n) is 2.64. The summed E-state index contributed by atoms with van der Waals surface area (Å²) in [5.74, 6) is -0.976. The molecule has 0 radical (unpaired) electrons. The topological polar surface area (TPSA) is 122 Å². The molecule has 0 amide bonds. The lowest BCUT2D eigenvalue weighted by molar-refractivity contribution is -0.152. The molecule has 1 aliphatic rings. The second kappa shape index (κ2) is 8.77. The highest BCUT2D eigenvalue weighted by Gasteiger charge is 2.38. The van der Waals surface area contributed by atoms with Gasteiger partial charge in [-0.2, -0.15) is 0 Å². The first kappa shape index (κ1) is 20.6. The van der Waals surface area contributed by atoms with Crippen LogP contribution in [0.2, 0.25) is 0 Å². The van der Waals surface area contributed by atoms with Crippen molar-refractivity contribution in [3.8, 4) is 0 Å². The molecule has 2 rings (SSSR count). The smallest absolute Gasteiger partial charge is 0.461 e. The molecule has 0 bridgehead atoms. The molecule has 1 heterocycles. The number of thioether (sulfide) groups is 1. The summed E-state index contributed by atoms with van der Waals surface area (Å²) in [6.07, 6.45) is 4.85. The lowest BCUT2D eigenvalue weighted by atomic mass is 9.97. The SMILES string of the molecule is Cc1oc(=O)oc1COC(=O)SC(C)(C)[C@@H](N)C(=O)OC1CCCCC1. The summed E-state index contributed by atoms with van der Waals surface area (Å²) in [6, 6.07) is -0.976. The predicted octanol–water partition coefficient (Wildman–Crippen LogP) is 2.89. The molecule has 0 aliphatic heterocycles. The van der Waals surface area contributed by atoms with E-state index in [0.717, 1.165) is 43.9 Å². The number of carbonyl (C=O) groups excluding carboxylic acids is 2. The highest BCUT2D eigenvalue weighted by atomic mass is 32.2. The maximum atomic E-state index is 12.3. The van der Waals surface area contributed by atoms with E-state index in [4.69, 9.17) is 19.6 Å². The Kier molecular flexibility index (Phi) is 6.94. The average molecular weight is 387 g/mol. The van der Waals surface area contributed by atoms with Crippen LogP contribution in [-0.4, -0.2) is 28.2 Å². The zero-order chi connectivity index (χ0) is 19.3. The van der Waals surface area contributed by atoms with Crippen molar-refractivity contribution in [1.29, 1.82) is 0 Å². The molecule has 8 nitrogen and oxygen atoms in total. The Hall–Kier alpha value is -1.74. The molecular formula is C17H25NO7S. The molecule has 9 heteroatoms. The van der Waals surface area contributed by atoms with Gasteiger partial charge in [0, 0.05) is 4.75 Å². The van der Waals surface area contributed by atoms with Gasteiger partial charge >= 0.3 is 17.1 Å². The first-order chi connectivity index (χ1) is 12.2. The maximum Gasteiger partial charge on any atom is 0.519 e. The van der Waals surface area contributed by atoms with Gasteiger partial charge in [0.05, 0.1) is 0 Å². The van der Waals surface area contributed by atoms with Gasteiger partial charge in [-0.05, 0) is 58.2 Å². The van der Waals surface area contributed by atoms with Gasteiger partial charge in [0.2, 0.25) is 0 Å². The van der Waals surface area contributed by atoms with E-state index in [1.54, 1.807) is 13.8 Å². The summed E-state index contributed by atoms with van der Waals surface area (Å²) in [5.41, 5.74) is 6.02. The summed E-state index contributed by atoms with van der Waals surface area (Å²) >= 11 is 0.795. The first-order valence-electron chi connectivity index (χ1n) is 8.60. The Morgan fingerprint density at radius 2 is 1.92 bits per heavy atom. The zero-order valence-corrected chi connectivity index (χ0v) is 16.1. The van der Waals surface area contributed by atoms with Gasteiger partial charge in [-0.1, -0.05) is 6.42 Å². The monoisotopic (exact) mass is 387 g/mol. The third-order valence-corrected chi connectivity index (χ3v) is 5.41. The second-order valence-electron chi connectivity index (χ2n) is 6.85. The summed E-state index contributed by atoms with van der Waals surface area (Å²) < 4.78 is 19.1. The van der Waals surface area contributed by atoms with Crippen molar-refractivity contribution in [2.24, 2.45) is 5.73 Å². The summed E-state index contributed by atoms with van der Waals surface area (Å²) in [4.78, 5) is 35.3. The van der Waals surface area contributed by atoms with Gasteiger partial charge in [0.1, 0.15) is 12.1 Å². The van der Waals surface area contributed by atoms with E-state index in [0.29, 0.717) is 0 Å². The number of hydrogen-bond acceptors (Lipinski definition) is 9. The molecule has 0 spiro atoms. The fourth-order valence-corrected chi connectivity index (χ4v) is 3.41. The molecule has 1 aromatic rings. The number of carbonyl (C=O) groups is 2. The van der Waals surface area contributed by atoms with Gasteiger partial charge < -0.3 is 24.0 Å². The van der Waals surface area contributed by atoms with E-state index in [1.165, 1.54) is 6.92 Å². The highest BCUT2D eigenvalue weighted by molar-refractivity contribution is 8.14. The molecule has 146 valence electrons. The first-order valence-corrected chi connectivity index (χ1v) is 9.42. The van der Waals surface area contributed by atoms with Gasteiger partial charge in [-0.3, -0.25) is 4.79 Å². The maximum absolute atomic E-state index is 12.3. The van der Waals surface area contributed by atoms with Crippen LogP contribution in [0.1, 0.15) is 57.5 Å². The lowest BCUT2D eigenvalue weighted by Gasteiger charge is -2.30. The fraction of sp³-hybridized carbons (Fsp3) is 0.706. The van der Waals surface area contributed by atoms with Crippen LogP contribution in [0.3, 0.4) is 0 Å². The third-order valence-electron chi connectivity index (χ3n) is 4.34. The van der Waals surface area contributed by atoms with Crippen LogP contribution in [0.4, 0.5) is 4.79 Å². The molecule has 1 fully saturated rings. The molecule has 26 heavy (non-hydrogen) atoms. The normalized spacial score (nSPS) is 16.9. The van der Waals surface area contributed by atoms with E-state index in [2.05, 4.69) is 4.42 Å². The van der Waals surface area contributed by atoms with Gasteiger partial charge in [-0.25, -0.2) is 9.59 Å². The minimum absolute atomic E-state index is 0.0954. The molecule has 1 aliphatic carbocycles. The molecule has 2 N–H and O–H groups in total. The van der Waals surface area contributed by atoms with Crippen molar-refractivity contribution >= 4 is 23.0 Å². The van der Waals surface area contributed by atoms with Crippen molar-refractivity contribution in [1.82, 2.24) is 0 Å². The molecule has 1 saturated carbocycles. The van der Waals surface area contributed by atoms with Gasteiger partial charge in [0.25, 0.3) is 0 Å². The molecule has 1 atom stereocenters. The van der Waals surface area contributed by atoms with Crippen LogP contribution in [0.5, 0.6) is 0 Å². The predicted molar refractivity (Wildman–Crippen MR) is 94.8 cm³/mol. The van der Waals surface area contributed by atoms with Crippen LogP contribution in [0.25, 0.3) is 0 Å². The van der Waals surface area contributed by atoms with E-state index >= 15 is 0 Å². The largest absolute Gasteiger partial charge is 0.519 e. The van der Waals surface area contributed by atoms with Crippen LogP contribution >= 0.6 is 11.8 Å². The van der Waals surface area contributed by atoms with E-state index in [9.17, 15) is 14.4 Å². The Morgan fingerprint density at radius 1 is 1.27 bits per heavy atom. The van der Waals surface area contributed by atoms with Crippen LogP contribution in [0.15, 0.2) is 13.6 Å². The number of aryl methyl sites for hydroxylation is 1. The summed E-state index contributed by atoms with van der Waals surface area (Å²) in [6.45, 7) is 4.65. The van der Waals surface area contributed by atoms with Crippen LogP contribution in [-0.2, 0) is 20.9 Å². The molecular weight excluding hydrogens is 362 g/mol. The van der Waals surface area contributed by atoms with Crippen molar-refractivity contribution in [2.45, 2.75) is 76.4 Å². The molecule has 0 saturated heterocycles. The van der Waals surface area contributed by atoms with Crippen molar-refractivity contribution < 1.29 is 27.9 Å². The molecule has 0 unspecified atom stereocenters. The number of esters is 1. The number of ether oxygens (including phenoxy) is 2. The van der Waals surface area contributed by atoms with E-state index < -0.39 is 27.9 Å². The van der Waals surface area contributed by atoms with Crippen molar-refractivity contribution in [3.63, 3.8) is 0 Å². The summed E-state index contributed by atoms with van der Waals surface area (Å²) in [5, 5.41) is -0.640. The zero-order valence-electron chi connectivity index (χ0n) is 15.2. The minimum atomic E-state index is -0.976. The van der Waals surface area contributed by atoms with Crippen molar-refractivity contribution in [3.05, 3.63) is 22.1 Å². The van der Waals surface area contributed by atoms with Crippen LogP contribution in [0, 0.1) is 6.92 Å². The number of rotatable bonds is 6. The lowest BCUT2D eigenvalue weighted by Crippen LogP contribution is -2.49. The quantitative estimate of drug-likeness (QED) is 0.734. The number of nitrogens with two attached hydrogens (primary N) is 1. The standard InChI is InChI=1S/C17H25NO7S/c1-10-12(25-15(20)23-10)9-22-16(21)26-17(2,3)13(18)14(19)24-11-7-5-4-6-8-11/h11,13H,4-9,18H2,1-3H3/t13-/m0/s1. The Morgan fingerprint density at radius 3 is 2.50 bits per heavy atom. The molecule has 0 aromatic carbocycles. The Labute approximate surface area is 155 Å². The van der Waals surface area contributed by atoms with Gasteiger partial charge in [0.15, 0.2) is 18.1 Å². The summed E-state index contributed by atoms with van der Waals surface area (Å²) in [7, 11) is 0. The van der Waals surface area contributed by atoms with Crippen LogP contribution < -0.4 is 11.6 Å². The Bertz CT molecular complexity index is 688. The number of hydrogen-bond donors (Lipinski definition) is 1.